The molecule has 2 aromatic carbocycles. The number of aryl methyl sites for hydroxylation is 1. The summed E-state index contributed by atoms with van der Waals surface area (Å²) in [6.45, 7) is 1.82. The SMILES string of the molecule is Cc1scnc1N(c1ccn[nH]1)S(=O)(=O)c1ccccc1Oc1ccccc1. The van der Waals surface area contributed by atoms with Gasteiger partial charge in [0.25, 0.3) is 10.0 Å². The number of sulfonamides is 1. The molecule has 0 fully saturated rings. The van der Waals surface area contributed by atoms with Crippen LogP contribution in [0.5, 0.6) is 11.5 Å². The van der Waals surface area contributed by atoms with Gasteiger partial charge in [-0.15, -0.1) is 11.3 Å². The van der Waals surface area contributed by atoms with Crippen molar-refractivity contribution in [2.75, 3.05) is 4.31 Å². The van der Waals surface area contributed by atoms with Crippen molar-refractivity contribution in [2.24, 2.45) is 0 Å². The van der Waals surface area contributed by atoms with Crippen molar-refractivity contribution in [1.29, 1.82) is 0 Å². The van der Waals surface area contributed by atoms with Gasteiger partial charge in [0.2, 0.25) is 0 Å². The fraction of sp³-hybridized carbons (Fsp3) is 0.0526. The van der Waals surface area contributed by atoms with Crippen molar-refractivity contribution in [3.63, 3.8) is 0 Å². The number of nitrogens with zero attached hydrogens (tertiary/aromatic N) is 3. The van der Waals surface area contributed by atoms with Gasteiger partial charge in [0, 0.05) is 10.9 Å². The van der Waals surface area contributed by atoms with Gasteiger partial charge in [-0.2, -0.15) is 9.40 Å². The number of aromatic amines is 1. The standard InChI is InChI=1S/C19H16N4O3S2/c1-14-19(20-13-27-14)23(18-11-12-21-22-18)28(24,25)17-10-6-5-9-16(17)26-15-7-3-2-4-8-15/h2-13H,1H3,(H,21,22). The molecule has 0 saturated heterocycles. The van der Waals surface area contributed by atoms with Crippen LogP contribution in [-0.2, 0) is 10.0 Å². The molecule has 0 aliphatic carbocycles. The largest absolute Gasteiger partial charge is 0.456 e. The van der Waals surface area contributed by atoms with Crippen LogP contribution in [0.4, 0.5) is 11.6 Å². The third-order valence-corrected chi connectivity index (χ3v) is 6.45. The van der Waals surface area contributed by atoms with Gasteiger partial charge >= 0.3 is 0 Å². The van der Waals surface area contributed by atoms with Crippen LogP contribution in [0, 0.1) is 6.92 Å². The minimum atomic E-state index is -4.04. The van der Waals surface area contributed by atoms with Crippen LogP contribution in [0.15, 0.2) is 77.3 Å². The summed E-state index contributed by atoms with van der Waals surface area (Å²) in [6.07, 6.45) is 1.49. The van der Waals surface area contributed by atoms with E-state index in [1.165, 1.54) is 23.6 Å². The minimum Gasteiger partial charge on any atom is -0.456 e. The number of aromatic nitrogens is 3. The Balaban J connectivity index is 1.84. The van der Waals surface area contributed by atoms with Gasteiger partial charge in [-0.3, -0.25) is 5.10 Å². The molecule has 4 aromatic rings. The maximum atomic E-state index is 13.7. The Morgan fingerprint density at radius 3 is 2.46 bits per heavy atom. The van der Waals surface area contributed by atoms with E-state index in [4.69, 9.17) is 4.74 Å². The maximum absolute atomic E-state index is 13.7. The normalized spacial score (nSPS) is 11.3. The quantitative estimate of drug-likeness (QED) is 0.504. The van der Waals surface area contributed by atoms with Gasteiger partial charge in [-0.05, 0) is 31.2 Å². The summed E-state index contributed by atoms with van der Waals surface area (Å²) >= 11 is 1.37. The third kappa shape index (κ3) is 3.37. The average Bonchev–Trinajstić information content (AvgIpc) is 3.36. The number of H-pyrrole nitrogens is 1. The summed E-state index contributed by atoms with van der Waals surface area (Å²) in [4.78, 5) is 5.05. The first kappa shape index (κ1) is 18.2. The molecule has 0 aliphatic rings. The first-order valence-corrected chi connectivity index (χ1v) is 10.7. The Morgan fingerprint density at radius 1 is 1.04 bits per heavy atom. The second-order valence-corrected chi connectivity index (χ2v) is 8.62. The van der Waals surface area contributed by atoms with Gasteiger partial charge in [-0.1, -0.05) is 30.3 Å². The molecule has 0 unspecified atom stereocenters. The molecule has 0 aliphatic heterocycles. The highest BCUT2D eigenvalue weighted by atomic mass is 32.2. The lowest BCUT2D eigenvalue weighted by molar-refractivity contribution is 0.467. The number of para-hydroxylation sites is 2. The van der Waals surface area contributed by atoms with Crippen LogP contribution >= 0.6 is 11.3 Å². The van der Waals surface area contributed by atoms with Crippen LogP contribution < -0.4 is 9.04 Å². The smallest absolute Gasteiger partial charge is 0.274 e. The van der Waals surface area contributed by atoms with E-state index in [0.29, 0.717) is 17.4 Å². The Kier molecular flexibility index (Phi) is 4.84. The molecular formula is C19H16N4O3S2. The van der Waals surface area contributed by atoms with Gasteiger partial charge in [0.1, 0.15) is 22.2 Å². The summed E-state index contributed by atoms with van der Waals surface area (Å²) in [5.74, 6) is 1.39. The maximum Gasteiger partial charge on any atom is 0.274 e. The van der Waals surface area contributed by atoms with E-state index < -0.39 is 10.0 Å². The number of thiazole rings is 1. The third-order valence-electron chi connectivity index (χ3n) is 3.96. The van der Waals surface area contributed by atoms with Gasteiger partial charge < -0.3 is 4.74 Å². The second kappa shape index (κ2) is 7.45. The molecule has 0 atom stereocenters. The van der Waals surface area contributed by atoms with Crippen molar-refractivity contribution in [1.82, 2.24) is 15.2 Å². The van der Waals surface area contributed by atoms with Gasteiger partial charge in [0.15, 0.2) is 5.82 Å². The predicted octanol–water partition coefficient (Wildman–Crippen LogP) is 4.49. The molecule has 0 amide bonds. The Morgan fingerprint density at radius 2 is 1.79 bits per heavy atom. The zero-order valence-corrected chi connectivity index (χ0v) is 16.4. The molecule has 28 heavy (non-hydrogen) atoms. The summed E-state index contributed by atoms with van der Waals surface area (Å²) in [5, 5.41) is 6.61. The molecule has 0 bridgehead atoms. The number of hydrogen-bond acceptors (Lipinski definition) is 6. The lowest BCUT2D eigenvalue weighted by atomic mass is 10.3. The van der Waals surface area contributed by atoms with Crippen LogP contribution in [0.2, 0.25) is 0 Å². The number of rotatable bonds is 6. The first-order valence-electron chi connectivity index (χ1n) is 8.34. The van der Waals surface area contributed by atoms with Gasteiger partial charge in [0.05, 0.1) is 11.7 Å². The molecule has 4 rings (SSSR count). The molecule has 2 heterocycles. The second-order valence-electron chi connectivity index (χ2n) is 5.81. The molecule has 0 spiro atoms. The van der Waals surface area contributed by atoms with Crippen molar-refractivity contribution in [3.8, 4) is 11.5 Å². The van der Waals surface area contributed by atoms with E-state index in [1.807, 2.05) is 25.1 Å². The number of benzene rings is 2. The van der Waals surface area contributed by atoms with Gasteiger partial charge in [-0.25, -0.2) is 13.4 Å². The lowest BCUT2D eigenvalue weighted by Crippen LogP contribution is -2.27. The summed E-state index contributed by atoms with van der Waals surface area (Å²) < 4.78 is 34.3. The van der Waals surface area contributed by atoms with Crippen molar-refractivity contribution < 1.29 is 13.2 Å². The summed E-state index contributed by atoms with van der Waals surface area (Å²) in [7, 11) is -4.04. The lowest BCUT2D eigenvalue weighted by Gasteiger charge is -2.22. The number of anilines is 2. The monoisotopic (exact) mass is 412 g/mol. The topological polar surface area (TPSA) is 88.2 Å². The van der Waals surface area contributed by atoms with Crippen LogP contribution in [0.25, 0.3) is 0 Å². The zero-order valence-electron chi connectivity index (χ0n) is 14.8. The van der Waals surface area contributed by atoms with Crippen molar-refractivity contribution >= 4 is 33.0 Å². The van der Waals surface area contributed by atoms with E-state index in [2.05, 4.69) is 15.2 Å². The Labute approximate surface area is 166 Å². The van der Waals surface area contributed by atoms with Crippen LogP contribution in [0.3, 0.4) is 0 Å². The predicted molar refractivity (Wildman–Crippen MR) is 108 cm³/mol. The van der Waals surface area contributed by atoms with Crippen molar-refractivity contribution in [3.05, 3.63) is 77.2 Å². The van der Waals surface area contributed by atoms with Crippen molar-refractivity contribution in [2.45, 2.75) is 11.8 Å². The molecule has 142 valence electrons. The van der Waals surface area contributed by atoms with Crippen LogP contribution in [0.1, 0.15) is 4.88 Å². The van der Waals surface area contributed by atoms with E-state index in [1.54, 1.807) is 41.9 Å². The number of hydrogen-bond donors (Lipinski definition) is 1. The fourth-order valence-corrected chi connectivity index (χ4v) is 4.88. The van der Waals surface area contributed by atoms with E-state index in [-0.39, 0.29) is 10.6 Å². The first-order chi connectivity index (χ1) is 13.6. The molecule has 9 heteroatoms. The van der Waals surface area contributed by atoms with E-state index in [9.17, 15) is 8.42 Å². The molecule has 7 nitrogen and oxygen atoms in total. The van der Waals surface area contributed by atoms with Crippen LogP contribution in [-0.4, -0.2) is 23.6 Å². The summed E-state index contributed by atoms with van der Waals surface area (Å²) in [6, 6.07) is 17.1. The number of ether oxygens (including phenoxy) is 1. The average molecular weight is 412 g/mol. The molecular weight excluding hydrogens is 396 g/mol. The van der Waals surface area contributed by atoms with E-state index >= 15 is 0 Å². The zero-order chi connectivity index (χ0) is 19.6. The fourth-order valence-electron chi connectivity index (χ4n) is 2.67. The highest BCUT2D eigenvalue weighted by molar-refractivity contribution is 7.93. The highest BCUT2D eigenvalue weighted by Crippen LogP contribution is 2.37. The minimum absolute atomic E-state index is 0.0286. The number of nitrogens with one attached hydrogen (secondary N) is 1. The Bertz CT molecular complexity index is 1170. The Hall–Kier alpha value is -3.17. The summed E-state index contributed by atoms with van der Waals surface area (Å²) in [5.41, 5.74) is 1.61. The molecule has 0 saturated carbocycles. The van der Waals surface area contributed by atoms with E-state index in [0.717, 1.165) is 9.18 Å². The molecule has 2 aromatic heterocycles. The molecule has 0 radical (unpaired) electrons. The molecule has 1 N–H and O–H groups in total. The highest BCUT2D eigenvalue weighted by Gasteiger charge is 2.33.